The van der Waals surface area contributed by atoms with Gasteiger partial charge in [-0.15, -0.1) is 11.3 Å². The van der Waals surface area contributed by atoms with E-state index in [1.54, 1.807) is 23.0 Å². The van der Waals surface area contributed by atoms with Crippen LogP contribution in [0.1, 0.15) is 34.4 Å². The van der Waals surface area contributed by atoms with Crippen LogP contribution >= 0.6 is 11.3 Å². The number of para-hydroxylation sites is 2. The summed E-state index contributed by atoms with van der Waals surface area (Å²) in [7, 11) is 1.79. The van der Waals surface area contributed by atoms with Gasteiger partial charge in [0.25, 0.3) is 5.91 Å². The number of anilines is 1. The second-order valence-corrected chi connectivity index (χ2v) is 9.69. The number of imidazole rings is 2. The number of hydrogen-bond acceptors (Lipinski definition) is 7. The third-order valence-electron chi connectivity index (χ3n) is 6.60. The molecule has 1 aliphatic heterocycles. The number of fused-ring (bicyclic) bond motifs is 2. The second kappa shape index (κ2) is 8.66. The van der Waals surface area contributed by atoms with Crippen LogP contribution in [0.4, 0.5) is 5.82 Å². The summed E-state index contributed by atoms with van der Waals surface area (Å²) in [5.41, 5.74) is 2.95. The van der Waals surface area contributed by atoms with Crippen molar-refractivity contribution in [3.63, 3.8) is 0 Å². The number of aromatic nitrogens is 6. The van der Waals surface area contributed by atoms with Gasteiger partial charge < -0.3 is 19.8 Å². The standard InChI is InChI=1S/C24H24N8O2S/c1-30-20-19(29-22(30)23(33)25-13-16-5-4-12-35-16)21(27-14-26-20)31-10-8-15(9-11-31)32-18-7-3-2-6-17(18)28-24(32)34/h2-7,12,14-15H,8-11,13H2,1H3,(H,25,33)(H,28,34). The van der Waals surface area contributed by atoms with E-state index in [1.165, 1.54) is 6.33 Å². The summed E-state index contributed by atoms with van der Waals surface area (Å²) in [5.74, 6) is 0.772. The molecule has 1 aromatic carbocycles. The molecule has 178 valence electrons. The van der Waals surface area contributed by atoms with Crippen LogP contribution < -0.4 is 15.9 Å². The quantitative estimate of drug-likeness (QED) is 0.393. The smallest absolute Gasteiger partial charge is 0.326 e. The first-order chi connectivity index (χ1) is 17.1. The van der Waals surface area contributed by atoms with Crippen LogP contribution in [0.15, 0.2) is 52.9 Å². The monoisotopic (exact) mass is 488 g/mol. The molecule has 5 heterocycles. The minimum atomic E-state index is -0.248. The molecule has 11 heteroatoms. The number of hydrogen-bond donors (Lipinski definition) is 2. The maximum Gasteiger partial charge on any atom is 0.326 e. The summed E-state index contributed by atoms with van der Waals surface area (Å²) in [6.07, 6.45) is 3.12. The van der Waals surface area contributed by atoms with Crippen molar-refractivity contribution in [3.8, 4) is 0 Å². The fraction of sp³-hybridized carbons (Fsp3) is 0.292. The molecule has 2 N–H and O–H groups in total. The lowest BCUT2D eigenvalue weighted by Gasteiger charge is -2.33. The van der Waals surface area contributed by atoms with Crippen molar-refractivity contribution in [1.82, 2.24) is 34.4 Å². The average molecular weight is 489 g/mol. The molecule has 1 amide bonds. The molecule has 5 aromatic rings. The molecule has 0 radical (unpaired) electrons. The number of H-pyrrole nitrogens is 1. The van der Waals surface area contributed by atoms with Crippen molar-refractivity contribution in [2.24, 2.45) is 7.05 Å². The van der Waals surface area contributed by atoms with E-state index in [-0.39, 0.29) is 17.6 Å². The predicted octanol–water partition coefficient (Wildman–Crippen LogP) is 2.84. The van der Waals surface area contributed by atoms with Gasteiger partial charge in [0, 0.05) is 31.1 Å². The predicted molar refractivity (Wildman–Crippen MR) is 135 cm³/mol. The molecule has 6 rings (SSSR count). The number of aryl methyl sites for hydroxylation is 1. The van der Waals surface area contributed by atoms with Crippen molar-refractivity contribution in [3.05, 3.63) is 69.3 Å². The average Bonchev–Trinajstić information content (AvgIpc) is 3.60. The third kappa shape index (κ3) is 3.77. The van der Waals surface area contributed by atoms with Gasteiger partial charge in [0.1, 0.15) is 6.33 Å². The van der Waals surface area contributed by atoms with Gasteiger partial charge in [-0.25, -0.2) is 19.7 Å². The zero-order chi connectivity index (χ0) is 23.9. The molecule has 1 saturated heterocycles. The fourth-order valence-electron chi connectivity index (χ4n) is 4.85. The lowest BCUT2D eigenvalue weighted by molar-refractivity contribution is 0.0938. The number of carbonyl (C=O) groups excluding carboxylic acids is 1. The van der Waals surface area contributed by atoms with E-state index >= 15 is 0 Å². The number of thiophene rings is 1. The lowest BCUT2D eigenvalue weighted by atomic mass is 10.0. The van der Waals surface area contributed by atoms with E-state index in [2.05, 4.69) is 30.2 Å². The first-order valence-electron chi connectivity index (χ1n) is 11.5. The Morgan fingerprint density at radius 3 is 2.80 bits per heavy atom. The molecule has 4 aromatic heterocycles. The van der Waals surface area contributed by atoms with Gasteiger partial charge in [-0.2, -0.15) is 0 Å². The van der Waals surface area contributed by atoms with Gasteiger partial charge >= 0.3 is 5.69 Å². The van der Waals surface area contributed by atoms with Crippen molar-refractivity contribution in [2.45, 2.75) is 25.4 Å². The fourth-order valence-corrected chi connectivity index (χ4v) is 5.50. The Hall–Kier alpha value is -3.99. The number of aromatic amines is 1. The normalized spacial score (nSPS) is 14.7. The first-order valence-corrected chi connectivity index (χ1v) is 12.4. The summed E-state index contributed by atoms with van der Waals surface area (Å²) in [6, 6.07) is 11.8. The topological polar surface area (TPSA) is 114 Å². The van der Waals surface area contributed by atoms with Gasteiger partial charge in [0.2, 0.25) is 5.82 Å². The van der Waals surface area contributed by atoms with E-state index in [0.29, 0.717) is 29.4 Å². The second-order valence-electron chi connectivity index (χ2n) is 8.66. The van der Waals surface area contributed by atoms with Crippen LogP contribution in [0.5, 0.6) is 0 Å². The number of amides is 1. The van der Waals surface area contributed by atoms with E-state index in [4.69, 9.17) is 0 Å². The summed E-state index contributed by atoms with van der Waals surface area (Å²) < 4.78 is 3.58. The SMILES string of the molecule is Cn1c(C(=O)NCc2cccs2)nc2c(N3CCC(n4c(=O)[nH]c5ccccc54)CC3)ncnc21. The van der Waals surface area contributed by atoms with Gasteiger partial charge in [0.05, 0.1) is 17.6 Å². The van der Waals surface area contributed by atoms with E-state index in [0.717, 1.165) is 41.8 Å². The number of nitrogens with one attached hydrogen (secondary N) is 2. The van der Waals surface area contributed by atoms with E-state index in [1.807, 2.05) is 46.3 Å². The highest BCUT2D eigenvalue weighted by atomic mass is 32.1. The Kier molecular flexibility index (Phi) is 5.33. The van der Waals surface area contributed by atoms with Crippen LogP contribution in [0, 0.1) is 0 Å². The highest BCUT2D eigenvalue weighted by Crippen LogP contribution is 2.30. The molecule has 10 nitrogen and oxygen atoms in total. The van der Waals surface area contributed by atoms with Crippen LogP contribution in [-0.2, 0) is 13.6 Å². The number of piperidine rings is 1. The Balaban J connectivity index is 1.23. The van der Waals surface area contributed by atoms with Crippen molar-refractivity contribution < 1.29 is 4.79 Å². The third-order valence-corrected chi connectivity index (χ3v) is 7.47. The van der Waals surface area contributed by atoms with E-state index < -0.39 is 0 Å². The van der Waals surface area contributed by atoms with Crippen LogP contribution in [0.25, 0.3) is 22.2 Å². The molecular weight excluding hydrogens is 464 g/mol. The zero-order valence-electron chi connectivity index (χ0n) is 19.1. The van der Waals surface area contributed by atoms with Gasteiger partial charge in [-0.3, -0.25) is 9.36 Å². The van der Waals surface area contributed by atoms with Gasteiger partial charge in [0.15, 0.2) is 17.0 Å². The molecule has 0 spiro atoms. The molecule has 0 aliphatic carbocycles. The summed E-state index contributed by atoms with van der Waals surface area (Å²) in [6.45, 7) is 1.90. The number of nitrogens with zero attached hydrogens (tertiary/aromatic N) is 6. The van der Waals surface area contributed by atoms with Crippen molar-refractivity contribution >= 4 is 45.3 Å². The Morgan fingerprint density at radius 1 is 1.17 bits per heavy atom. The summed E-state index contributed by atoms with van der Waals surface area (Å²) in [5, 5.41) is 4.92. The maximum absolute atomic E-state index is 12.8. The highest BCUT2D eigenvalue weighted by molar-refractivity contribution is 7.09. The summed E-state index contributed by atoms with van der Waals surface area (Å²) >= 11 is 1.60. The minimum Gasteiger partial charge on any atom is -0.355 e. The Bertz CT molecular complexity index is 1570. The van der Waals surface area contributed by atoms with Crippen LogP contribution in [0.3, 0.4) is 0 Å². The van der Waals surface area contributed by atoms with Crippen LogP contribution in [0.2, 0.25) is 0 Å². The zero-order valence-corrected chi connectivity index (χ0v) is 20.0. The number of carbonyl (C=O) groups is 1. The highest BCUT2D eigenvalue weighted by Gasteiger charge is 2.27. The van der Waals surface area contributed by atoms with Gasteiger partial charge in [-0.1, -0.05) is 18.2 Å². The minimum absolute atomic E-state index is 0.0722. The molecule has 35 heavy (non-hydrogen) atoms. The first kappa shape index (κ1) is 21.5. The molecule has 0 atom stereocenters. The van der Waals surface area contributed by atoms with E-state index in [9.17, 15) is 9.59 Å². The summed E-state index contributed by atoms with van der Waals surface area (Å²) in [4.78, 5) is 45.2. The molecule has 0 unspecified atom stereocenters. The number of rotatable bonds is 5. The molecular formula is C24H24N8O2S. The molecule has 1 aliphatic rings. The largest absolute Gasteiger partial charge is 0.355 e. The van der Waals surface area contributed by atoms with Crippen LogP contribution in [-0.4, -0.2) is 48.1 Å². The molecule has 0 bridgehead atoms. The maximum atomic E-state index is 12.8. The van der Waals surface area contributed by atoms with Crippen molar-refractivity contribution in [1.29, 1.82) is 0 Å². The Labute approximate surface area is 204 Å². The Morgan fingerprint density at radius 2 is 2.00 bits per heavy atom. The van der Waals surface area contributed by atoms with Gasteiger partial charge in [-0.05, 0) is 36.4 Å². The molecule has 0 saturated carbocycles. The molecule has 1 fully saturated rings. The number of benzene rings is 1. The lowest BCUT2D eigenvalue weighted by Crippen LogP contribution is -2.37. The van der Waals surface area contributed by atoms with Crippen molar-refractivity contribution in [2.75, 3.05) is 18.0 Å².